The van der Waals surface area contributed by atoms with Gasteiger partial charge in [0.15, 0.2) is 5.65 Å². The molecule has 0 bridgehead atoms. The largest absolute Gasteiger partial charge is 0.494 e. The Morgan fingerprint density at radius 2 is 1.83 bits per heavy atom. The van der Waals surface area contributed by atoms with Crippen LogP contribution in [0.25, 0.3) is 16.7 Å². The maximum atomic E-state index is 12.8. The van der Waals surface area contributed by atoms with Crippen LogP contribution in [0.2, 0.25) is 0 Å². The average molecular weight is 389 g/mol. The quantitative estimate of drug-likeness (QED) is 0.567. The van der Waals surface area contributed by atoms with E-state index in [4.69, 9.17) is 4.74 Å². The minimum atomic E-state index is -0.428. The summed E-state index contributed by atoms with van der Waals surface area (Å²) in [4.78, 5) is 29.6. The highest BCUT2D eigenvalue weighted by molar-refractivity contribution is 6.00. The number of aryl methyl sites for hydroxylation is 1. The molecule has 0 spiro atoms. The van der Waals surface area contributed by atoms with Gasteiger partial charge in [-0.1, -0.05) is 17.7 Å². The normalized spacial score (nSPS) is 10.8. The summed E-state index contributed by atoms with van der Waals surface area (Å²) in [6.07, 6.45) is 2.73. The maximum absolute atomic E-state index is 12.8. The minimum absolute atomic E-state index is 0.306. The lowest BCUT2D eigenvalue weighted by Gasteiger charge is -2.09. The van der Waals surface area contributed by atoms with Crippen LogP contribution in [-0.4, -0.2) is 32.0 Å². The zero-order valence-corrected chi connectivity index (χ0v) is 16.0. The number of benzene rings is 2. The molecule has 0 aliphatic rings. The fraction of sp³-hybridized carbons (Fsp3) is 0.143. The molecule has 0 aliphatic heterocycles. The van der Waals surface area contributed by atoms with E-state index in [0.717, 1.165) is 15.9 Å². The molecule has 0 radical (unpaired) electrons. The van der Waals surface area contributed by atoms with Gasteiger partial charge in [-0.15, -0.1) is 0 Å². The van der Waals surface area contributed by atoms with E-state index in [1.807, 2.05) is 38.1 Å². The second kappa shape index (κ2) is 7.59. The topological polar surface area (TPSA) is 91.0 Å². The van der Waals surface area contributed by atoms with Gasteiger partial charge in [-0.05, 0) is 50.2 Å². The van der Waals surface area contributed by atoms with Crippen LogP contribution in [0.4, 0.5) is 0 Å². The molecule has 146 valence electrons. The number of nitrogens with one attached hydrogen (secondary N) is 1. The monoisotopic (exact) mass is 389 g/mol. The van der Waals surface area contributed by atoms with Gasteiger partial charge in [0.25, 0.3) is 11.5 Å². The lowest BCUT2D eigenvalue weighted by Crippen LogP contribution is -2.33. The number of carbonyl (C=O) groups excluding carboxylic acids is 1. The van der Waals surface area contributed by atoms with E-state index < -0.39 is 11.5 Å². The number of carbonyl (C=O) groups is 1. The Morgan fingerprint density at radius 1 is 1.10 bits per heavy atom. The molecule has 2 aromatic heterocycles. The van der Waals surface area contributed by atoms with Gasteiger partial charge in [-0.25, -0.2) is 14.3 Å². The molecule has 4 aromatic rings. The summed E-state index contributed by atoms with van der Waals surface area (Å²) in [5.41, 5.74) is 4.88. The molecule has 2 aromatic carbocycles. The van der Waals surface area contributed by atoms with Crippen LogP contribution in [0.1, 0.15) is 22.8 Å². The Morgan fingerprint density at radius 3 is 2.52 bits per heavy atom. The van der Waals surface area contributed by atoms with E-state index in [2.05, 4.69) is 15.5 Å². The Hall–Kier alpha value is -3.94. The molecule has 4 rings (SSSR count). The van der Waals surface area contributed by atoms with Crippen molar-refractivity contribution >= 4 is 16.9 Å². The zero-order chi connectivity index (χ0) is 20.4. The molecule has 8 heteroatoms. The zero-order valence-electron chi connectivity index (χ0n) is 16.0. The Balaban J connectivity index is 1.62. The summed E-state index contributed by atoms with van der Waals surface area (Å²) in [6, 6.07) is 14.4. The summed E-state index contributed by atoms with van der Waals surface area (Å²) in [5.74, 6) is 0.245. The van der Waals surface area contributed by atoms with E-state index in [-0.39, 0.29) is 0 Å². The molecule has 0 fully saturated rings. The lowest BCUT2D eigenvalue weighted by molar-refractivity contribution is 0.101. The summed E-state index contributed by atoms with van der Waals surface area (Å²) < 4.78 is 8.02. The van der Waals surface area contributed by atoms with Gasteiger partial charge in [0, 0.05) is 5.56 Å². The van der Waals surface area contributed by atoms with Crippen LogP contribution < -0.4 is 15.7 Å². The minimum Gasteiger partial charge on any atom is -0.494 e. The van der Waals surface area contributed by atoms with Gasteiger partial charge in [-0.2, -0.15) is 5.10 Å². The predicted molar refractivity (Wildman–Crippen MR) is 109 cm³/mol. The first-order valence-electron chi connectivity index (χ1n) is 9.13. The van der Waals surface area contributed by atoms with Gasteiger partial charge in [0.2, 0.25) is 0 Å². The highest BCUT2D eigenvalue weighted by Crippen LogP contribution is 2.15. The van der Waals surface area contributed by atoms with Crippen LogP contribution >= 0.6 is 0 Å². The first-order chi connectivity index (χ1) is 14.1. The fourth-order valence-electron chi connectivity index (χ4n) is 2.91. The number of amides is 1. The molecule has 2 heterocycles. The van der Waals surface area contributed by atoms with Crippen molar-refractivity contribution in [2.24, 2.45) is 0 Å². The first kappa shape index (κ1) is 18.4. The number of hydrogen-bond acceptors (Lipinski definition) is 5. The third-order valence-electron chi connectivity index (χ3n) is 4.42. The van der Waals surface area contributed by atoms with Crippen molar-refractivity contribution in [3.8, 4) is 11.4 Å². The Labute approximate surface area is 166 Å². The molecule has 0 saturated heterocycles. The highest BCUT2D eigenvalue weighted by atomic mass is 16.5. The molecule has 0 atom stereocenters. The second-order valence-corrected chi connectivity index (χ2v) is 6.45. The number of fused-ring (bicyclic) bond motifs is 1. The molecule has 29 heavy (non-hydrogen) atoms. The number of nitrogens with zero attached hydrogens (tertiary/aromatic N) is 4. The average Bonchev–Trinajstić information content (AvgIpc) is 3.16. The van der Waals surface area contributed by atoms with Crippen molar-refractivity contribution in [3.05, 3.63) is 82.5 Å². The van der Waals surface area contributed by atoms with Crippen LogP contribution in [-0.2, 0) is 0 Å². The summed E-state index contributed by atoms with van der Waals surface area (Å²) in [7, 11) is 0. The lowest BCUT2D eigenvalue weighted by atomic mass is 10.2. The number of hydrogen-bond donors (Lipinski definition) is 1. The van der Waals surface area contributed by atoms with E-state index in [1.54, 1.807) is 28.9 Å². The Bertz CT molecular complexity index is 1220. The van der Waals surface area contributed by atoms with Crippen LogP contribution in [0.3, 0.4) is 0 Å². The number of ether oxygens (including phenoxy) is 1. The SMILES string of the molecule is CCOc1ccc(C(=O)Nn2cnc3c(cnn3-c3ccc(C)cc3)c2=O)cc1. The van der Waals surface area contributed by atoms with Crippen LogP contribution in [0, 0.1) is 6.92 Å². The van der Waals surface area contributed by atoms with Gasteiger partial charge in [0.05, 0.1) is 18.5 Å². The molecule has 1 N–H and O–H groups in total. The molecular formula is C21H19N5O3. The molecule has 0 unspecified atom stereocenters. The van der Waals surface area contributed by atoms with Crippen LogP contribution in [0.5, 0.6) is 5.75 Å². The smallest absolute Gasteiger partial charge is 0.283 e. The van der Waals surface area contributed by atoms with E-state index in [9.17, 15) is 9.59 Å². The molecule has 1 amide bonds. The van der Waals surface area contributed by atoms with Gasteiger partial charge >= 0.3 is 0 Å². The molecule has 8 nitrogen and oxygen atoms in total. The third kappa shape index (κ3) is 3.60. The predicted octanol–water partition coefficient (Wildman–Crippen LogP) is 2.67. The maximum Gasteiger partial charge on any atom is 0.283 e. The van der Waals surface area contributed by atoms with Gasteiger partial charge in [-0.3, -0.25) is 15.0 Å². The van der Waals surface area contributed by atoms with Crippen molar-refractivity contribution in [1.29, 1.82) is 0 Å². The Kier molecular flexibility index (Phi) is 4.82. The summed E-state index contributed by atoms with van der Waals surface area (Å²) in [6.45, 7) is 4.43. The van der Waals surface area contributed by atoms with E-state index in [0.29, 0.717) is 29.0 Å². The van der Waals surface area contributed by atoms with Crippen LogP contribution in [0.15, 0.2) is 65.8 Å². The van der Waals surface area contributed by atoms with Crippen molar-refractivity contribution in [2.45, 2.75) is 13.8 Å². The van der Waals surface area contributed by atoms with Crippen molar-refractivity contribution in [1.82, 2.24) is 19.4 Å². The molecular weight excluding hydrogens is 370 g/mol. The van der Waals surface area contributed by atoms with E-state index in [1.165, 1.54) is 12.5 Å². The van der Waals surface area contributed by atoms with Crippen molar-refractivity contribution in [2.75, 3.05) is 12.0 Å². The third-order valence-corrected chi connectivity index (χ3v) is 4.42. The number of aromatic nitrogens is 4. The van der Waals surface area contributed by atoms with E-state index >= 15 is 0 Å². The summed E-state index contributed by atoms with van der Waals surface area (Å²) in [5, 5.41) is 4.58. The van der Waals surface area contributed by atoms with Crippen molar-refractivity contribution in [3.63, 3.8) is 0 Å². The standard InChI is InChI=1S/C21H19N5O3/c1-3-29-17-10-6-15(7-11-17)20(27)24-25-13-22-19-18(21(25)28)12-23-26(19)16-8-4-14(2)5-9-16/h4-13H,3H2,1-2H3,(H,24,27). The second-order valence-electron chi connectivity index (χ2n) is 6.45. The fourth-order valence-corrected chi connectivity index (χ4v) is 2.91. The molecule has 0 saturated carbocycles. The number of rotatable bonds is 5. The highest BCUT2D eigenvalue weighted by Gasteiger charge is 2.13. The van der Waals surface area contributed by atoms with Gasteiger partial charge in [0.1, 0.15) is 17.5 Å². The summed E-state index contributed by atoms with van der Waals surface area (Å²) >= 11 is 0. The molecule has 0 aliphatic carbocycles. The van der Waals surface area contributed by atoms with Gasteiger partial charge < -0.3 is 4.74 Å². The van der Waals surface area contributed by atoms with Crippen molar-refractivity contribution < 1.29 is 9.53 Å². The first-order valence-corrected chi connectivity index (χ1v) is 9.13.